The molecule has 1 fully saturated rings. The van der Waals surface area contributed by atoms with E-state index in [2.05, 4.69) is 4.52 Å². The van der Waals surface area contributed by atoms with E-state index in [4.69, 9.17) is 4.74 Å². The Hall–Kier alpha value is -1.53. The van der Waals surface area contributed by atoms with Crippen molar-refractivity contribution < 1.29 is 38.9 Å². The van der Waals surface area contributed by atoms with Crippen LogP contribution in [0.4, 0.5) is 0 Å². The molecule has 124 valence electrons. The first-order chi connectivity index (χ1) is 10.1. The van der Waals surface area contributed by atoms with Crippen molar-refractivity contribution in [1.82, 2.24) is 9.55 Å². The van der Waals surface area contributed by atoms with Gasteiger partial charge in [0.15, 0.2) is 12.0 Å². The maximum Gasteiger partial charge on any atom is 0.330 e. The fourth-order valence-corrected chi connectivity index (χ4v) is 2.25. The number of aromatic amines is 1. The summed E-state index contributed by atoms with van der Waals surface area (Å²) in [5.41, 5.74) is -2.10. The minimum absolute atomic E-state index is 0.596. The summed E-state index contributed by atoms with van der Waals surface area (Å²) in [5, 5.41) is 28.8. The Kier molecular flexibility index (Phi) is 4.54. The summed E-state index contributed by atoms with van der Waals surface area (Å²) in [5.74, 6) is -0.840. The largest absolute Gasteiger partial charge is 0.790 e. The molecule has 1 aromatic rings. The van der Waals surface area contributed by atoms with Crippen LogP contribution in [0.15, 0.2) is 15.8 Å². The predicted molar refractivity (Wildman–Crippen MR) is 62.5 cm³/mol. The van der Waals surface area contributed by atoms with E-state index in [0.29, 0.717) is 10.8 Å². The zero-order valence-corrected chi connectivity index (χ0v) is 11.6. The SMILES string of the molecule is O=c1[nH]c(=O)n([C@@H]2O[C@H](COP(=O)([O-])[O-])[C@@H](O)[C@H]2O)cc1O. The number of phosphoric acid groups is 1. The third kappa shape index (κ3) is 3.44. The molecule has 1 saturated heterocycles. The van der Waals surface area contributed by atoms with E-state index in [-0.39, 0.29) is 0 Å². The van der Waals surface area contributed by atoms with Gasteiger partial charge >= 0.3 is 5.69 Å². The van der Waals surface area contributed by atoms with Gasteiger partial charge in [-0.1, -0.05) is 0 Å². The number of aromatic nitrogens is 2. The molecule has 1 aliphatic heterocycles. The van der Waals surface area contributed by atoms with Gasteiger partial charge in [-0.05, 0) is 0 Å². The van der Waals surface area contributed by atoms with Gasteiger partial charge in [0.2, 0.25) is 0 Å². The topological polar surface area (TPSA) is 197 Å². The summed E-state index contributed by atoms with van der Waals surface area (Å²) in [6.07, 6.45) is -5.64. The van der Waals surface area contributed by atoms with Crippen molar-refractivity contribution in [3.8, 4) is 5.75 Å². The lowest BCUT2D eigenvalue weighted by Crippen LogP contribution is -2.37. The van der Waals surface area contributed by atoms with Gasteiger partial charge in [0.05, 0.1) is 20.6 Å². The first kappa shape index (κ1) is 16.8. The molecule has 12 nitrogen and oxygen atoms in total. The highest BCUT2D eigenvalue weighted by Crippen LogP contribution is 2.32. The molecule has 0 saturated carbocycles. The highest BCUT2D eigenvalue weighted by Gasteiger charge is 2.44. The zero-order valence-electron chi connectivity index (χ0n) is 10.7. The number of rotatable bonds is 4. The number of aromatic hydroxyl groups is 1. The molecule has 0 radical (unpaired) electrons. The lowest BCUT2D eigenvalue weighted by molar-refractivity contribution is -0.343. The van der Waals surface area contributed by atoms with Crippen LogP contribution in [0.3, 0.4) is 0 Å². The third-order valence-corrected chi connectivity index (χ3v) is 3.42. The summed E-state index contributed by atoms with van der Waals surface area (Å²) < 4.78 is 20.0. The van der Waals surface area contributed by atoms with E-state index in [1.807, 2.05) is 0 Å². The Balaban J connectivity index is 2.23. The second-order valence-corrected chi connectivity index (χ2v) is 5.62. The van der Waals surface area contributed by atoms with Gasteiger partial charge in [-0.25, -0.2) is 4.79 Å². The molecule has 4 N–H and O–H groups in total. The Morgan fingerprint density at radius 3 is 2.59 bits per heavy atom. The van der Waals surface area contributed by atoms with E-state index in [1.54, 1.807) is 4.98 Å². The summed E-state index contributed by atoms with van der Waals surface area (Å²) in [6, 6.07) is 0. The van der Waals surface area contributed by atoms with Crippen molar-refractivity contribution in [2.24, 2.45) is 0 Å². The number of hydrogen-bond donors (Lipinski definition) is 4. The second kappa shape index (κ2) is 5.93. The van der Waals surface area contributed by atoms with Crippen molar-refractivity contribution in [2.75, 3.05) is 6.61 Å². The predicted octanol–water partition coefficient (Wildman–Crippen LogP) is -4.29. The molecule has 0 amide bonds. The molecule has 1 aliphatic rings. The van der Waals surface area contributed by atoms with Gasteiger partial charge in [-0.3, -0.25) is 14.3 Å². The summed E-state index contributed by atoms with van der Waals surface area (Å²) in [7, 11) is -5.31. The monoisotopic (exact) mass is 338 g/mol. The Morgan fingerprint density at radius 2 is 2.00 bits per heavy atom. The van der Waals surface area contributed by atoms with Crippen molar-refractivity contribution in [3.05, 3.63) is 27.0 Å². The molecule has 0 unspecified atom stereocenters. The Bertz CT molecular complexity index is 707. The van der Waals surface area contributed by atoms with Gasteiger partial charge in [-0.2, -0.15) is 0 Å². The number of nitrogens with zero attached hydrogens (tertiary/aromatic N) is 1. The number of hydrogen-bond acceptors (Lipinski definition) is 10. The highest BCUT2D eigenvalue weighted by atomic mass is 31.2. The van der Waals surface area contributed by atoms with Gasteiger partial charge in [0, 0.05) is 0 Å². The number of phosphoric ester groups is 1. The van der Waals surface area contributed by atoms with Gasteiger partial charge < -0.3 is 38.9 Å². The van der Waals surface area contributed by atoms with Gasteiger partial charge in [0.25, 0.3) is 5.56 Å². The van der Waals surface area contributed by atoms with Crippen molar-refractivity contribution in [1.29, 1.82) is 0 Å². The van der Waals surface area contributed by atoms with Crippen LogP contribution in [-0.2, 0) is 13.8 Å². The normalized spacial score (nSPS) is 28.9. The number of ether oxygens (including phenoxy) is 1. The summed E-state index contributed by atoms with van der Waals surface area (Å²) in [4.78, 5) is 45.2. The number of nitrogens with one attached hydrogen (secondary N) is 1. The van der Waals surface area contributed by atoms with Gasteiger partial charge in [-0.15, -0.1) is 0 Å². The Labute approximate surface area is 121 Å². The second-order valence-electron chi connectivity index (χ2n) is 4.47. The van der Waals surface area contributed by atoms with Crippen LogP contribution in [-0.4, -0.2) is 49.8 Å². The fourth-order valence-electron chi connectivity index (χ4n) is 1.93. The molecule has 2 heterocycles. The third-order valence-electron chi connectivity index (χ3n) is 2.96. The standard InChI is InChI=1S/C9H13N2O10P/c12-3-1-11(9(16)10-7(3)15)8-6(14)5(13)4(21-8)2-20-22(17,18)19/h1,4-6,8,12-14H,2H2,(H,10,15,16)(H2,17,18,19)/p-2/t4-,5-,6-,8-/m1/s1. The van der Waals surface area contributed by atoms with Crippen molar-refractivity contribution >= 4 is 7.82 Å². The molecule has 0 bridgehead atoms. The highest BCUT2D eigenvalue weighted by molar-refractivity contribution is 7.43. The van der Waals surface area contributed by atoms with Crippen LogP contribution in [0.2, 0.25) is 0 Å². The van der Waals surface area contributed by atoms with Gasteiger partial charge in [0.1, 0.15) is 18.3 Å². The number of H-pyrrole nitrogens is 1. The zero-order chi connectivity index (χ0) is 16.7. The van der Waals surface area contributed by atoms with Crippen LogP contribution in [0, 0.1) is 0 Å². The maximum atomic E-state index is 11.6. The molecule has 0 spiro atoms. The van der Waals surface area contributed by atoms with E-state index >= 15 is 0 Å². The smallest absolute Gasteiger partial charge is 0.330 e. The fraction of sp³-hybridized carbons (Fsp3) is 0.556. The van der Waals surface area contributed by atoms with E-state index in [0.717, 1.165) is 0 Å². The first-order valence-corrected chi connectivity index (χ1v) is 7.29. The lowest BCUT2D eigenvalue weighted by atomic mass is 10.1. The minimum Gasteiger partial charge on any atom is -0.790 e. The van der Waals surface area contributed by atoms with E-state index in [9.17, 15) is 39.3 Å². The molecule has 22 heavy (non-hydrogen) atoms. The van der Waals surface area contributed by atoms with Crippen molar-refractivity contribution in [2.45, 2.75) is 24.5 Å². The molecule has 4 atom stereocenters. The van der Waals surface area contributed by atoms with Crippen LogP contribution in [0.5, 0.6) is 5.75 Å². The quantitative estimate of drug-likeness (QED) is 0.390. The number of aliphatic hydroxyl groups is 2. The molecule has 13 heteroatoms. The average molecular weight is 338 g/mol. The molecule has 1 aromatic heterocycles. The van der Waals surface area contributed by atoms with Crippen LogP contribution < -0.4 is 21.0 Å². The lowest BCUT2D eigenvalue weighted by Gasteiger charge is -2.30. The first-order valence-electron chi connectivity index (χ1n) is 5.83. The van der Waals surface area contributed by atoms with Crippen LogP contribution >= 0.6 is 7.82 Å². The van der Waals surface area contributed by atoms with Crippen LogP contribution in [0.25, 0.3) is 0 Å². The van der Waals surface area contributed by atoms with Crippen LogP contribution in [0.1, 0.15) is 6.23 Å². The van der Waals surface area contributed by atoms with Crippen molar-refractivity contribution in [3.63, 3.8) is 0 Å². The maximum absolute atomic E-state index is 11.6. The minimum atomic E-state index is -5.31. The molecular formula is C9H11N2O10P-2. The summed E-state index contributed by atoms with van der Waals surface area (Å²) in [6.45, 7) is -0.872. The molecular weight excluding hydrogens is 327 g/mol. The van der Waals surface area contributed by atoms with E-state index < -0.39 is 56.0 Å². The molecule has 0 aliphatic carbocycles. The Morgan fingerprint density at radius 1 is 1.36 bits per heavy atom. The summed E-state index contributed by atoms with van der Waals surface area (Å²) >= 11 is 0. The van der Waals surface area contributed by atoms with E-state index in [1.165, 1.54) is 0 Å². The molecule has 0 aromatic carbocycles. The molecule has 2 rings (SSSR count). The number of aliphatic hydroxyl groups excluding tert-OH is 2. The average Bonchev–Trinajstić information content (AvgIpc) is 2.68.